The summed E-state index contributed by atoms with van der Waals surface area (Å²) in [4.78, 5) is 2.49. The van der Waals surface area contributed by atoms with Crippen LogP contribution in [0.25, 0.3) is 0 Å². The summed E-state index contributed by atoms with van der Waals surface area (Å²) >= 11 is 0. The van der Waals surface area contributed by atoms with Gasteiger partial charge < -0.3 is 14.1 Å². The summed E-state index contributed by atoms with van der Waals surface area (Å²) in [6.07, 6.45) is 2.81. The summed E-state index contributed by atoms with van der Waals surface area (Å²) in [5, 5.41) is 7.28. The molecule has 1 aromatic carbocycles. The average molecular weight is 351 g/mol. The molecule has 0 radical (unpaired) electrons. The molecule has 136 valence electrons. The summed E-state index contributed by atoms with van der Waals surface area (Å²) in [6, 6.07) is 12.7. The number of piperidine rings is 1. The molecule has 1 unspecified atom stereocenters. The van der Waals surface area contributed by atoms with Crippen LogP contribution in [0.15, 0.2) is 45.9 Å². The fourth-order valence-corrected chi connectivity index (χ4v) is 4.52. The maximum absolute atomic E-state index is 6.62. The van der Waals surface area contributed by atoms with Gasteiger partial charge in [0.15, 0.2) is 0 Å². The number of para-hydroxylation sites is 1. The molecule has 4 heterocycles. The second kappa shape index (κ2) is 5.88. The van der Waals surface area contributed by atoms with Crippen molar-refractivity contribution < 1.29 is 9.15 Å². The second-order valence-corrected chi connectivity index (χ2v) is 7.54. The Morgan fingerprint density at radius 3 is 2.69 bits per heavy atom. The van der Waals surface area contributed by atoms with E-state index in [9.17, 15) is 0 Å². The van der Waals surface area contributed by atoms with Crippen molar-refractivity contribution in [2.45, 2.75) is 44.9 Å². The van der Waals surface area contributed by atoms with Crippen LogP contribution in [0.5, 0.6) is 5.75 Å². The molecule has 26 heavy (non-hydrogen) atoms. The molecular formula is C21H25N3O2. The summed E-state index contributed by atoms with van der Waals surface area (Å²) < 4.78 is 12.5. The van der Waals surface area contributed by atoms with Crippen LogP contribution in [0, 0.1) is 6.92 Å². The Morgan fingerprint density at radius 1 is 1.15 bits per heavy atom. The van der Waals surface area contributed by atoms with Crippen molar-refractivity contribution in [3.8, 4) is 5.75 Å². The van der Waals surface area contributed by atoms with Crippen LogP contribution in [-0.2, 0) is 0 Å². The Kier molecular flexibility index (Phi) is 3.60. The number of fused-ring (bicyclic) bond motifs is 4. The third-order valence-electron chi connectivity index (χ3n) is 6.02. The minimum Gasteiger partial charge on any atom is -0.466 e. The van der Waals surface area contributed by atoms with Gasteiger partial charge >= 0.3 is 0 Å². The molecule has 0 bridgehead atoms. The molecule has 1 atom stereocenters. The average Bonchev–Trinajstić information content (AvgIpc) is 3.30. The van der Waals surface area contributed by atoms with Crippen LogP contribution in [0.1, 0.15) is 49.3 Å². The van der Waals surface area contributed by atoms with Gasteiger partial charge in [0.2, 0.25) is 5.72 Å². The quantitative estimate of drug-likeness (QED) is 0.822. The van der Waals surface area contributed by atoms with E-state index in [1.54, 1.807) is 0 Å². The van der Waals surface area contributed by atoms with E-state index in [-0.39, 0.29) is 11.8 Å². The van der Waals surface area contributed by atoms with Crippen LogP contribution in [0.3, 0.4) is 0 Å². The predicted octanol–water partition coefficient (Wildman–Crippen LogP) is 3.94. The first kappa shape index (κ1) is 15.9. The highest BCUT2D eigenvalue weighted by Crippen LogP contribution is 2.49. The molecule has 0 N–H and O–H groups in total. The maximum Gasteiger partial charge on any atom is 0.200 e. The number of aryl methyl sites for hydroxylation is 1. The minimum absolute atomic E-state index is 0.230. The van der Waals surface area contributed by atoms with Crippen LogP contribution < -0.4 is 4.74 Å². The lowest BCUT2D eigenvalue weighted by Crippen LogP contribution is -2.59. The van der Waals surface area contributed by atoms with Gasteiger partial charge in [-0.15, -0.1) is 0 Å². The molecule has 0 saturated carbocycles. The van der Waals surface area contributed by atoms with E-state index in [2.05, 4.69) is 41.1 Å². The van der Waals surface area contributed by atoms with Crippen LogP contribution in [0.2, 0.25) is 0 Å². The third kappa shape index (κ3) is 2.37. The molecule has 1 aromatic heterocycles. The number of furan rings is 1. The van der Waals surface area contributed by atoms with Crippen molar-refractivity contribution in [1.29, 1.82) is 0 Å². The first-order chi connectivity index (χ1) is 12.7. The number of benzene rings is 1. The molecule has 5 nitrogen and oxygen atoms in total. The highest BCUT2D eigenvalue weighted by Gasteiger charge is 2.51. The molecular weight excluding hydrogens is 326 g/mol. The normalized spacial score (nSPS) is 24.2. The number of likely N-dealkylation sites (tertiary alicyclic amines) is 1. The molecule has 1 fully saturated rings. The van der Waals surface area contributed by atoms with E-state index in [1.165, 1.54) is 5.56 Å². The Labute approximate surface area is 154 Å². The number of hydrogen-bond acceptors (Lipinski definition) is 5. The van der Waals surface area contributed by atoms with Gasteiger partial charge in [0.05, 0.1) is 6.04 Å². The van der Waals surface area contributed by atoms with Crippen molar-refractivity contribution in [3.05, 3.63) is 53.5 Å². The van der Waals surface area contributed by atoms with Crippen LogP contribution >= 0.6 is 0 Å². The van der Waals surface area contributed by atoms with E-state index in [1.807, 2.05) is 19.1 Å². The zero-order valence-electron chi connectivity index (χ0n) is 15.4. The first-order valence-electron chi connectivity index (χ1n) is 9.62. The van der Waals surface area contributed by atoms with Gasteiger partial charge in [0, 0.05) is 37.9 Å². The smallest absolute Gasteiger partial charge is 0.200 e. The largest absolute Gasteiger partial charge is 0.466 e. The Morgan fingerprint density at radius 2 is 1.96 bits per heavy atom. The van der Waals surface area contributed by atoms with E-state index < -0.39 is 0 Å². The number of nitrogens with zero attached hydrogens (tertiary/aromatic N) is 3. The number of ether oxygens (including phenoxy) is 1. The molecule has 3 aliphatic heterocycles. The molecule has 0 amide bonds. The molecule has 5 heteroatoms. The monoisotopic (exact) mass is 351 g/mol. The summed E-state index contributed by atoms with van der Waals surface area (Å²) in [7, 11) is 0. The van der Waals surface area contributed by atoms with Gasteiger partial charge in [-0.1, -0.05) is 25.1 Å². The topological polar surface area (TPSA) is 41.2 Å². The van der Waals surface area contributed by atoms with E-state index >= 15 is 0 Å². The van der Waals surface area contributed by atoms with Crippen molar-refractivity contribution in [3.63, 3.8) is 0 Å². The van der Waals surface area contributed by atoms with E-state index in [4.69, 9.17) is 14.3 Å². The SMILES string of the molecule is CCN1CCC2(CC1)Oc1ccccc1C1CC(c3ccc(C)o3)=NN12. The molecule has 2 aromatic rings. The lowest BCUT2D eigenvalue weighted by molar-refractivity contribution is -0.149. The molecule has 0 aliphatic carbocycles. The van der Waals surface area contributed by atoms with Crippen LogP contribution in [-0.4, -0.2) is 41.0 Å². The van der Waals surface area contributed by atoms with Crippen molar-refractivity contribution >= 4 is 5.71 Å². The van der Waals surface area contributed by atoms with Gasteiger partial charge in [0.25, 0.3) is 0 Å². The fraction of sp³-hybridized carbons (Fsp3) is 0.476. The van der Waals surface area contributed by atoms with Crippen molar-refractivity contribution in [2.75, 3.05) is 19.6 Å². The number of hydrazone groups is 1. The lowest BCUT2D eigenvalue weighted by Gasteiger charge is -2.51. The molecule has 3 aliphatic rings. The van der Waals surface area contributed by atoms with E-state index in [0.717, 1.165) is 61.9 Å². The van der Waals surface area contributed by atoms with E-state index in [0.29, 0.717) is 0 Å². The van der Waals surface area contributed by atoms with Gasteiger partial charge in [0.1, 0.15) is 23.0 Å². The zero-order valence-corrected chi connectivity index (χ0v) is 15.4. The summed E-state index contributed by atoms with van der Waals surface area (Å²) in [5.41, 5.74) is 1.92. The summed E-state index contributed by atoms with van der Waals surface area (Å²) in [6.45, 7) is 7.39. The second-order valence-electron chi connectivity index (χ2n) is 7.54. The first-order valence-corrected chi connectivity index (χ1v) is 9.62. The Bertz CT molecular complexity index is 848. The van der Waals surface area contributed by atoms with Gasteiger partial charge in [-0.05, 0) is 31.7 Å². The van der Waals surface area contributed by atoms with Gasteiger partial charge in [-0.25, -0.2) is 5.01 Å². The Hall–Kier alpha value is -2.27. The van der Waals surface area contributed by atoms with Crippen molar-refractivity contribution in [1.82, 2.24) is 9.91 Å². The highest BCUT2D eigenvalue weighted by molar-refractivity contribution is 5.99. The zero-order chi connectivity index (χ0) is 17.7. The van der Waals surface area contributed by atoms with Gasteiger partial charge in [-0.3, -0.25) is 0 Å². The number of rotatable bonds is 2. The van der Waals surface area contributed by atoms with Crippen LogP contribution in [0.4, 0.5) is 0 Å². The summed E-state index contributed by atoms with van der Waals surface area (Å²) in [5.74, 6) is 2.83. The van der Waals surface area contributed by atoms with Gasteiger partial charge in [-0.2, -0.15) is 5.10 Å². The molecule has 1 saturated heterocycles. The molecule has 5 rings (SSSR count). The lowest BCUT2D eigenvalue weighted by atomic mass is 9.91. The standard InChI is InChI=1S/C21H25N3O2/c1-3-23-12-10-21(11-13-23)24-18(16-6-4-5-7-19(16)26-21)14-17(22-24)20-9-8-15(2)25-20/h4-9,18H,3,10-14H2,1-2H3. The number of hydrogen-bond donors (Lipinski definition) is 0. The maximum atomic E-state index is 6.62. The Balaban J connectivity index is 1.55. The predicted molar refractivity (Wildman–Crippen MR) is 100 cm³/mol. The fourth-order valence-electron chi connectivity index (χ4n) is 4.52. The minimum atomic E-state index is -0.339. The molecule has 1 spiro atoms. The highest BCUT2D eigenvalue weighted by atomic mass is 16.5. The third-order valence-corrected chi connectivity index (χ3v) is 6.02. The van der Waals surface area contributed by atoms with Crippen molar-refractivity contribution in [2.24, 2.45) is 5.10 Å².